The maximum Gasteiger partial charge on any atom is 0.147 e. The molecule has 0 heterocycles. The Morgan fingerprint density at radius 3 is 1.78 bits per heavy atom. The summed E-state index contributed by atoms with van der Waals surface area (Å²) < 4.78 is 29.2. The first-order valence-corrected chi connectivity index (χ1v) is 8.68. The van der Waals surface area contributed by atoms with Gasteiger partial charge in [0.2, 0.25) is 0 Å². The van der Waals surface area contributed by atoms with E-state index in [1.165, 1.54) is 12.1 Å². The summed E-state index contributed by atoms with van der Waals surface area (Å²) >= 11 is 0. The van der Waals surface area contributed by atoms with Gasteiger partial charge >= 0.3 is 0 Å². The Morgan fingerprint density at radius 1 is 0.519 bits per heavy atom. The Hall–Kier alpha value is -3.46. The van der Waals surface area contributed by atoms with Crippen molar-refractivity contribution in [3.05, 3.63) is 109 Å². The molecule has 4 rings (SSSR count). The molecule has 0 radical (unpaired) electrons. The van der Waals surface area contributed by atoms with Crippen LogP contribution < -0.4 is 5.32 Å². The maximum absolute atomic E-state index is 15.1. The van der Waals surface area contributed by atoms with Crippen LogP contribution >= 0.6 is 0 Å². The van der Waals surface area contributed by atoms with Crippen molar-refractivity contribution < 1.29 is 8.78 Å². The van der Waals surface area contributed by atoms with Gasteiger partial charge in [0.05, 0.1) is 11.4 Å². The van der Waals surface area contributed by atoms with E-state index in [2.05, 4.69) is 5.32 Å². The van der Waals surface area contributed by atoms with Crippen molar-refractivity contribution >= 4 is 11.4 Å². The van der Waals surface area contributed by atoms with Crippen molar-refractivity contribution in [3.8, 4) is 22.3 Å². The van der Waals surface area contributed by atoms with Crippen LogP contribution in [0.5, 0.6) is 0 Å². The van der Waals surface area contributed by atoms with Crippen LogP contribution in [0.1, 0.15) is 0 Å². The van der Waals surface area contributed by atoms with Gasteiger partial charge in [-0.15, -0.1) is 0 Å². The fraction of sp³-hybridized carbons (Fsp3) is 0. The minimum atomic E-state index is -0.432. The first-order chi connectivity index (χ1) is 13.2. The van der Waals surface area contributed by atoms with Crippen LogP contribution in [0.25, 0.3) is 22.3 Å². The minimum absolute atomic E-state index is 0.237. The number of rotatable bonds is 4. The second-order valence-corrected chi connectivity index (χ2v) is 6.22. The van der Waals surface area contributed by atoms with Gasteiger partial charge in [0, 0.05) is 5.56 Å². The molecule has 27 heavy (non-hydrogen) atoms. The second kappa shape index (κ2) is 7.42. The van der Waals surface area contributed by atoms with E-state index < -0.39 is 11.6 Å². The van der Waals surface area contributed by atoms with Crippen molar-refractivity contribution in [2.24, 2.45) is 0 Å². The first kappa shape index (κ1) is 17.0. The Labute approximate surface area is 156 Å². The highest BCUT2D eigenvalue weighted by molar-refractivity contribution is 5.85. The molecule has 0 unspecified atom stereocenters. The predicted octanol–water partition coefficient (Wildman–Crippen LogP) is 7.04. The number of benzene rings is 4. The standard InChI is InChI=1S/C24H17F2N/c25-21-13-7-8-14-23(21)27-24-20(18-11-5-2-6-12-18)15-19(16-22(24)26)17-9-3-1-4-10-17/h1-16,27H. The van der Waals surface area contributed by atoms with Crippen molar-refractivity contribution in [1.82, 2.24) is 0 Å². The largest absolute Gasteiger partial charge is 0.350 e. The van der Waals surface area contributed by atoms with Gasteiger partial charge in [0.15, 0.2) is 0 Å². The molecule has 0 spiro atoms. The third kappa shape index (κ3) is 3.58. The summed E-state index contributed by atoms with van der Waals surface area (Å²) in [4.78, 5) is 0. The zero-order chi connectivity index (χ0) is 18.6. The van der Waals surface area contributed by atoms with Crippen molar-refractivity contribution in [3.63, 3.8) is 0 Å². The van der Waals surface area contributed by atoms with E-state index in [4.69, 9.17) is 0 Å². The van der Waals surface area contributed by atoms with Gasteiger partial charge in [0.25, 0.3) is 0 Å². The number of hydrogen-bond acceptors (Lipinski definition) is 1. The van der Waals surface area contributed by atoms with Gasteiger partial charge in [-0.05, 0) is 41.0 Å². The van der Waals surface area contributed by atoms with E-state index in [1.807, 2.05) is 66.7 Å². The fourth-order valence-electron chi connectivity index (χ4n) is 3.07. The summed E-state index contributed by atoms with van der Waals surface area (Å²) in [6.07, 6.45) is 0. The SMILES string of the molecule is Fc1ccccc1Nc1c(F)cc(-c2ccccc2)cc1-c1ccccc1. The van der Waals surface area contributed by atoms with Gasteiger partial charge < -0.3 is 5.32 Å². The van der Waals surface area contributed by atoms with Gasteiger partial charge in [-0.1, -0.05) is 72.8 Å². The molecular weight excluding hydrogens is 340 g/mol. The number of hydrogen-bond donors (Lipinski definition) is 1. The number of anilines is 2. The Kier molecular flexibility index (Phi) is 4.67. The normalized spacial score (nSPS) is 10.6. The van der Waals surface area contributed by atoms with Crippen LogP contribution in [0.15, 0.2) is 97.1 Å². The Balaban J connectivity index is 1.88. The average Bonchev–Trinajstić information content (AvgIpc) is 2.72. The van der Waals surface area contributed by atoms with Crippen LogP contribution in [-0.4, -0.2) is 0 Å². The lowest BCUT2D eigenvalue weighted by Gasteiger charge is -2.16. The number of nitrogens with one attached hydrogen (secondary N) is 1. The summed E-state index contributed by atoms with van der Waals surface area (Å²) in [7, 11) is 0. The summed E-state index contributed by atoms with van der Waals surface area (Å²) in [6.45, 7) is 0. The zero-order valence-corrected chi connectivity index (χ0v) is 14.5. The van der Waals surface area contributed by atoms with Gasteiger partial charge in [0.1, 0.15) is 11.6 Å². The molecule has 4 aromatic rings. The fourth-order valence-corrected chi connectivity index (χ4v) is 3.07. The van der Waals surface area contributed by atoms with Crippen molar-refractivity contribution in [2.45, 2.75) is 0 Å². The summed E-state index contributed by atoms with van der Waals surface area (Å²) in [5.41, 5.74) is 3.72. The molecule has 1 N–H and O–H groups in total. The molecule has 0 bridgehead atoms. The van der Waals surface area contributed by atoms with E-state index in [9.17, 15) is 4.39 Å². The summed E-state index contributed by atoms with van der Waals surface area (Å²) in [6, 6.07) is 28.8. The van der Waals surface area contributed by atoms with E-state index in [1.54, 1.807) is 18.2 Å². The van der Waals surface area contributed by atoms with E-state index in [-0.39, 0.29) is 11.4 Å². The van der Waals surface area contributed by atoms with E-state index in [0.29, 0.717) is 5.56 Å². The molecular formula is C24H17F2N. The summed E-state index contributed by atoms with van der Waals surface area (Å²) in [5, 5.41) is 2.94. The van der Waals surface area contributed by atoms with E-state index in [0.717, 1.165) is 16.7 Å². The zero-order valence-electron chi connectivity index (χ0n) is 14.5. The third-order valence-corrected chi connectivity index (χ3v) is 4.42. The quantitative estimate of drug-likeness (QED) is 0.413. The van der Waals surface area contributed by atoms with Crippen LogP contribution in [0, 0.1) is 11.6 Å². The molecule has 3 heteroatoms. The molecule has 132 valence electrons. The smallest absolute Gasteiger partial charge is 0.147 e. The minimum Gasteiger partial charge on any atom is -0.350 e. The molecule has 0 saturated carbocycles. The highest BCUT2D eigenvalue weighted by Crippen LogP contribution is 2.37. The lowest BCUT2D eigenvalue weighted by atomic mass is 9.96. The second-order valence-electron chi connectivity index (χ2n) is 6.22. The monoisotopic (exact) mass is 357 g/mol. The Bertz CT molecular complexity index is 1060. The molecule has 0 saturated heterocycles. The topological polar surface area (TPSA) is 12.0 Å². The number of para-hydroxylation sites is 1. The van der Waals surface area contributed by atoms with Gasteiger partial charge in [-0.25, -0.2) is 8.78 Å². The van der Waals surface area contributed by atoms with Crippen LogP contribution in [0.4, 0.5) is 20.2 Å². The molecule has 0 atom stereocenters. The number of halogens is 2. The molecule has 0 fully saturated rings. The lowest BCUT2D eigenvalue weighted by molar-refractivity contribution is 0.626. The van der Waals surface area contributed by atoms with Crippen LogP contribution in [0.3, 0.4) is 0 Å². The van der Waals surface area contributed by atoms with Crippen molar-refractivity contribution in [1.29, 1.82) is 0 Å². The van der Waals surface area contributed by atoms with Gasteiger partial charge in [-0.3, -0.25) is 0 Å². The molecule has 1 nitrogen and oxygen atoms in total. The molecule has 0 aliphatic carbocycles. The molecule has 0 amide bonds. The first-order valence-electron chi connectivity index (χ1n) is 8.68. The molecule has 0 aliphatic rings. The summed E-state index contributed by atoms with van der Waals surface area (Å²) in [5.74, 6) is -0.860. The Morgan fingerprint density at radius 2 is 1.11 bits per heavy atom. The van der Waals surface area contributed by atoms with Crippen LogP contribution in [0.2, 0.25) is 0 Å². The highest BCUT2D eigenvalue weighted by atomic mass is 19.1. The van der Waals surface area contributed by atoms with Crippen molar-refractivity contribution in [2.75, 3.05) is 5.32 Å². The highest BCUT2D eigenvalue weighted by Gasteiger charge is 2.15. The van der Waals surface area contributed by atoms with E-state index >= 15 is 4.39 Å². The predicted molar refractivity (Wildman–Crippen MR) is 107 cm³/mol. The average molecular weight is 357 g/mol. The maximum atomic E-state index is 15.1. The van der Waals surface area contributed by atoms with Crippen LogP contribution in [-0.2, 0) is 0 Å². The molecule has 0 aromatic heterocycles. The van der Waals surface area contributed by atoms with Gasteiger partial charge in [-0.2, -0.15) is 0 Å². The molecule has 0 aliphatic heterocycles. The molecule has 4 aromatic carbocycles. The lowest BCUT2D eigenvalue weighted by Crippen LogP contribution is -2.00. The third-order valence-electron chi connectivity index (χ3n) is 4.42.